The Hall–Kier alpha value is -1.84. The number of aliphatic carboxylic acids is 1. The van der Waals surface area contributed by atoms with Crippen LogP contribution in [0.5, 0.6) is 0 Å². The molecule has 4 nitrogen and oxygen atoms in total. The third-order valence-corrected chi connectivity index (χ3v) is 0.799. The van der Waals surface area contributed by atoms with Crippen molar-refractivity contribution >= 4 is 11.9 Å². The lowest BCUT2D eigenvalue weighted by molar-refractivity contribution is -0.138. The van der Waals surface area contributed by atoms with Crippen molar-refractivity contribution in [3.63, 3.8) is 0 Å². The second-order valence-corrected chi connectivity index (χ2v) is 2.04. The van der Waals surface area contributed by atoms with Crippen LogP contribution in [0, 0.1) is 0 Å². The lowest BCUT2D eigenvalue weighted by Gasteiger charge is -1.96. The van der Waals surface area contributed by atoms with Gasteiger partial charge in [-0.05, 0) is 13.8 Å². The zero-order valence-electron chi connectivity index (χ0n) is 9.28. The zero-order chi connectivity index (χ0) is 12.9. The molecule has 0 spiro atoms. The minimum atomic E-state index is -0.981. The third-order valence-electron chi connectivity index (χ3n) is 0.799. The fourth-order valence-electron chi connectivity index (χ4n) is 0.254. The van der Waals surface area contributed by atoms with Crippen molar-refractivity contribution in [3.05, 3.63) is 38.0 Å². The maximum atomic E-state index is 10.4. The molecule has 0 aromatic carbocycles. The highest BCUT2D eigenvalue weighted by Gasteiger charge is 1.98. The van der Waals surface area contributed by atoms with Crippen LogP contribution in [-0.4, -0.2) is 23.7 Å². The van der Waals surface area contributed by atoms with Gasteiger partial charge in [0, 0.05) is 11.6 Å². The molecule has 0 aromatic rings. The van der Waals surface area contributed by atoms with Crippen molar-refractivity contribution in [2.24, 2.45) is 0 Å². The molecule has 4 heteroatoms. The molecule has 0 fully saturated rings. The molecular formula is C11H18O4. The van der Waals surface area contributed by atoms with E-state index >= 15 is 0 Å². The van der Waals surface area contributed by atoms with E-state index in [1.54, 1.807) is 13.8 Å². The zero-order valence-corrected chi connectivity index (χ0v) is 9.28. The van der Waals surface area contributed by atoms with Crippen LogP contribution in [-0.2, 0) is 14.3 Å². The van der Waals surface area contributed by atoms with Crippen molar-refractivity contribution in [2.75, 3.05) is 6.61 Å². The highest BCUT2D eigenvalue weighted by molar-refractivity contribution is 5.86. The predicted octanol–water partition coefficient (Wildman–Crippen LogP) is 2.18. The number of rotatable bonds is 3. The molecule has 0 aromatic heterocycles. The van der Waals surface area contributed by atoms with E-state index < -0.39 is 5.97 Å². The van der Waals surface area contributed by atoms with Crippen LogP contribution in [0.3, 0.4) is 0 Å². The largest absolute Gasteiger partial charge is 0.478 e. The van der Waals surface area contributed by atoms with E-state index in [1.807, 2.05) is 0 Å². The molecule has 0 atom stereocenters. The van der Waals surface area contributed by atoms with Gasteiger partial charge in [0.05, 0.1) is 6.61 Å². The molecule has 0 aliphatic carbocycles. The van der Waals surface area contributed by atoms with Crippen LogP contribution in [0.1, 0.15) is 13.8 Å². The van der Waals surface area contributed by atoms with E-state index in [0.717, 1.165) is 6.08 Å². The quantitative estimate of drug-likeness (QED) is 0.444. The van der Waals surface area contributed by atoms with Crippen molar-refractivity contribution in [1.82, 2.24) is 0 Å². The summed E-state index contributed by atoms with van der Waals surface area (Å²) in [5.74, 6) is -1.29. The first-order valence-electron chi connectivity index (χ1n) is 4.13. The van der Waals surface area contributed by atoms with E-state index in [0.29, 0.717) is 12.2 Å². The Balaban J connectivity index is -0.000000177. The second kappa shape index (κ2) is 14.7. The molecule has 0 saturated heterocycles. The first-order chi connectivity index (χ1) is 6.95. The van der Waals surface area contributed by atoms with Crippen LogP contribution in [0.25, 0.3) is 0 Å². The highest BCUT2D eigenvalue weighted by Crippen LogP contribution is 1.89. The van der Waals surface area contributed by atoms with E-state index in [-0.39, 0.29) is 5.97 Å². The summed E-state index contributed by atoms with van der Waals surface area (Å²) in [6, 6.07) is 0. The third kappa shape index (κ3) is 24.5. The monoisotopic (exact) mass is 214 g/mol. The van der Waals surface area contributed by atoms with Gasteiger partial charge >= 0.3 is 11.9 Å². The molecule has 0 amide bonds. The van der Waals surface area contributed by atoms with Crippen LogP contribution >= 0.6 is 0 Å². The van der Waals surface area contributed by atoms with Gasteiger partial charge in [-0.25, -0.2) is 9.59 Å². The highest BCUT2D eigenvalue weighted by atomic mass is 16.5. The number of ether oxygens (including phenoxy) is 1. The lowest BCUT2D eigenvalue weighted by atomic mass is 10.4. The van der Waals surface area contributed by atoms with Gasteiger partial charge in [0.25, 0.3) is 0 Å². The minimum Gasteiger partial charge on any atom is -0.478 e. The van der Waals surface area contributed by atoms with E-state index in [1.165, 1.54) is 0 Å². The van der Waals surface area contributed by atoms with Gasteiger partial charge in [0.15, 0.2) is 0 Å². The Morgan fingerprint density at radius 1 is 1.40 bits per heavy atom. The van der Waals surface area contributed by atoms with Gasteiger partial charge in [-0.3, -0.25) is 0 Å². The Morgan fingerprint density at radius 3 is 1.80 bits per heavy atom. The van der Waals surface area contributed by atoms with Crippen LogP contribution in [0.15, 0.2) is 38.0 Å². The molecule has 0 unspecified atom stereocenters. The normalized spacial score (nSPS) is 6.80. The Labute approximate surface area is 90.6 Å². The fourth-order valence-corrected chi connectivity index (χ4v) is 0.254. The number of hydrogen-bond donors (Lipinski definition) is 1. The molecule has 0 radical (unpaired) electrons. The molecule has 0 saturated carbocycles. The summed E-state index contributed by atoms with van der Waals surface area (Å²) < 4.78 is 4.56. The second-order valence-electron chi connectivity index (χ2n) is 2.04. The van der Waals surface area contributed by atoms with Crippen LogP contribution in [0.4, 0.5) is 0 Å². The molecule has 1 N–H and O–H groups in total. The molecule has 0 rings (SSSR count). The molecule has 0 aliphatic heterocycles. The van der Waals surface area contributed by atoms with Crippen molar-refractivity contribution in [1.29, 1.82) is 0 Å². The van der Waals surface area contributed by atoms with E-state index in [2.05, 4.69) is 31.1 Å². The van der Waals surface area contributed by atoms with Crippen LogP contribution < -0.4 is 0 Å². The van der Waals surface area contributed by atoms with Crippen molar-refractivity contribution in [3.8, 4) is 0 Å². The number of hydrogen-bond acceptors (Lipinski definition) is 3. The predicted molar refractivity (Wildman–Crippen MR) is 60.5 cm³/mol. The maximum absolute atomic E-state index is 10.4. The van der Waals surface area contributed by atoms with Crippen molar-refractivity contribution < 1.29 is 19.4 Å². The standard InChI is InChI=1S/C6H10O2.C3H4O2.C2H4/c1-4-8-6(7)5(2)3;1-2-3(4)5;1-2/h2,4H2,1,3H3;2H,1H2,(H,4,5);1-2H2. The van der Waals surface area contributed by atoms with Crippen LogP contribution in [0.2, 0.25) is 0 Å². The van der Waals surface area contributed by atoms with Crippen molar-refractivity contribution in [2.45, 2.75) is 13.8 Å². The molecule has 86 valence electrons. The summed E-state index contributed by atoms with van der Waals surface area (Å²) in [7, 11) is 0. The number of carbonyl (C=O) groups excluding carboxylic acids is 1. The Morgan fingerprint density at radius 2 is 1.73 bits per heavy atom. The number of carbonyl (C=O) groups is 2. The summed E-state index contributed by atoms with van der Waals surface area (Å²) in [6.07, 6.45) is 0.833. The number of esters is 1. The molecule has 0 heterocycles. The lowest BCUT2D eigenvalue weighted by Crippen LogP contribution is -2.03. The minimum absolute atomic E-state index is 0.312. The Bertz CT molecular complexity index is 219. The first-order valence-corrected chi connectivity index (χ1v) is 4.13. The van der Waals surface area contributed by atoms with Gasteiger partial charge in [0.2, 0.25) is 0 Å². The van der Waals surface area contributed by atoms with Gasteiger partial charge in [-0.1, -0.05) is 13.2 Å². The summed E-state index contributed by atoms with van der Waals surface area (Å²) >= 11 is 0. The van der Waals surface area contributed by atoms with Gasteiger partial charge in [0.1, 0.15) is 0 Å². The van der Waals surface area contributed by atoms with E-state index in [9.17, 15) is 9.59 Å². The SMILES string of the molecule is C=C.C=C(C)C(=O)OCC.C=CC(=O)O. The summed E-state index contributed by atoms with van der Waals surface area (Å²) in [6.45, 7) is 16.2. The van der Waals surface area contributed by atoms with Gasteiger partial charge in [-0.2, -0.15) is 0 Å². The summed E-state index contributed by atoms with van der Waals surface area (Å²) in [4.78, 5) is 19.7. The van der Waals surface area contributed by atoms with Gasteiger partial charge < -0.3 is 9.84 Å². The first kappa shape index (κ1) is 18.9. The number of carboxylic acid groups (broad SMARTS) is 1. The molecule has 15 heavy (non-hydrogen) atoms. The average Bonchev–Trinajstić information content (AvgIpc) is 2.22. The average molecular weight is 214 g/mol. The topological polar surface area (TPSA) is 63.6 Å². The molecule has 0 aliphatic rings. The van der Waals surface area contributed by atoms with Gasteiger partial charge in [-0.15, -0.1) is 13.2 Å². The number of carboxylic acids is 1. The fraction of sp³-hybridized carbons (Fsp3) is 0.273. The molecule has 0 bridgehead atoms. The smallest absolute Gasteiger partial charge is 0.333 e. The van der Waals surface area contributed by atoms with E-state index in [4.69, 9.17) is 5.11 Å². The summed E-state index contributed by atoms with van der Waals surface area (Å²) in [5, 5.41) is 7.60. The molecular weight excluding hydrogens is 196 g/mol. The summed E-state index contributed by atoms with van der Waals surface area (Å²) in [5.41, 5.74) is 0.451. The Kier molecular flexibility index (Phi) is 18.4. The maximum Gasteiger partial charge on any atom is 0.333 e.